The molecule has 0 aromatic heterocycles. The van der Waals surface area contributed by atoms with Crippen molar-refractivity contribution in [2.24, 2.45) is 0 Å². The molecule has 0 unspecified atom stereocenters. The maximum Gasteiger partial charge on any atom is 0.255 e. The van der Waals surface area contributed by atoms with Crippen molar-refractivity contribution in [3.63, 3.8) is 0 Å². The molecule has 2 aromatic rings. The molecule has 0 saturated carbocycles. The summed E-state index contributed by atoms with van der Waals surface area (Å²) in [5.41, 5.74) is 2.61. The van der Waals surface area contributed by atoms with Crippen LogP contribution in [0.3, 0.4) is 0 Å². The number of carbonyl (C=O) groups is 1. The molecule has 0 aliphatic carbocycles. The summed E-state index contributed by atoms with van der Waals surface area (Å²) in [6.45, 7) is 0. The summed E-state index contributed by atoms with van der Waals surface area (Å²) in [5, 5.41) is 3.49. The first-order valence-corrected chi connectivity index (χ1v) is 7.61. The number of halogens is 1. The predicted octanol–water partition coefficient (Wildman–Crippen LogP) is 4.46. The molecule has 0 aliphatic heterocycles. The van der Waals surface area contributed by atoms with E-state index in [9.17, 15) is 4.79 Å². The fraction of sp³-hybridized carbons (Fsp3) is 0.133. The number of benzene rings is 2. The van der Waals surface area contributed by atoms with Crippen molar-refractivity contribution in [2.45, 2.75) is 5.75 Å². The van der Waals surface area contributed by atoms with Crippen molar-refractivity contribution < 1.29 is 4.79 Å². The Kier molecular flexibility index (Phi) is 4.88. The van der Waals surface area contributed by atoms with E-state index in [-0.39, 0.29) is 5.91 Å². The van der Waals surface area contributed by atoms with Gasteiger partial charge in [-0.05, 0) is 48.2 Å². The Bertz CT molecular complexity index is 551. The van der Waals surface area contributed by atoms with Crippen LogP contribution in [0.15, 0.2) is 48.5 Å². The second-order valence-corrected chi connectivity index (χ2v) is 5.39. The van der Waals surface area contributed by atoms with Gasteiger partial charge in [0, 0.05) is 22.0 Å². The monoisotopic (exact) mass is 291 g/mol. The Morgan fingerprint density at radius 1 is 1.11 bits per heavy atom. The highest BCUT2D eigenvalue weighted by Gasteiger charge is 2.05. The van der Waals surface area contributed by atoms with Crippen LogP contribution >= 0.6 is 23.4 Å². The maximum absolute atomic E-state index is 12.0. The van der Waals surface area contributed by atoms with Crippen LogP contribution in [-0.2, 0) is 5.75 Å². The van der Waals surface area contributed by atoms with Gasteiger partial charge in [-0.15, -0.1) is 0 Å². The minimum atomic E-state index is -0.113. The fourth-order valence-corrected chi connectivity index (χ4v) is 2.31. The van der Waals surface area contributed by atoms with E-state index in [1.54, 1.807) is 36.0 Å². The van der Waals surface area contributed by atoms with Crippen LogP contribution in [0, 0.1) is 0 Å². The van der Waals surface area contributed by atoms with Crippen molar-refractivity contribution in [3.05, 3.63) is 64.7 Å². The van der Waals surface area contributed by atoms with Crippen molar-refractivity contribution >= 4 is 35.0 Å². The first kappa shape index (κ1) is 14.0. The molecule has 4 heteroatoms. The Morgan fingerprint density at radius 2 is 1.74 bits per heavy atom. The zero-order chi connectivity index (χ0) is 13.7. The lowest BCUT2D eigenvalue weighted by molar-refractivity contribution is 0.102. The van der Waals surface area contributed by atoms with Gasteiger partial charge in [0.2, 0.25) is 0 Å². The summed E-state index contributed by atoms with van der Waals surface area (Å²) < 4.78 is 0. The highest BCUT2D eigenvalue weighted by atomic mass is 35.5. The van der Waals surface area contributed by atoms with E-state index in [0.29, 0.717) is 10.6 Å². The second kappa shape index (κ2) is 6.64. The smallest absolute Gasteiger partial charge is 0.255 e. The number of carbonyl (C=O) groups excluding carboxylic acids is 1. The van der Waals surface area contributed by atoms with E-state index in [2.05, 4.69) is 11.6 Å². The van der Waals surface area contributed by atoms with Crippen LogP contribution in [0.1, 0.15) is 15.9 Å². The van der Waals surface area contributed by atoms with E-state index >= 15 is 0 Å². The summed E-state index contributed by atoms with van der Waals surface area (Å²) in [6, 6.07) is 14.7. The number of amides is 1. The lowest BCUT2D eigenvalue weighted by Gasteiger charge is -2.06. The van der Waals surface area contributed by atoms with E-state index in [4.69, 9.17) is 11.6 Å². The molecule has 1 amide bonds. The maximum atomic E-state index is 12.0. The molecule has 0 atom stereocenters. The summed E-state index contributed by atoms with van der Waals surface area (Å²) in [4.78, 5) is 12.0. The van der Waals surface area contributed by atoms with Crippen LogP contribution < -0.4 is 5.32 Å². The van der Waals surface area contributed by atoms with E-state index in [0.717, 1.165) is 11.4 Å². The first-order chi connectivity index (χ1) is 9.19. The summed E-state index contributed by atoms with van der Waals surface area (Å²) in [5.74, 6) is 0.844. The molecule has 0 bridgehead atoms. The molecule has 0 spiro atoms. The highest BCUT2D eigenvalue weighted by Crippen LogP contribution is 2.15. The van der Waals surface area contributed by atoms with Crippen molar-refractivity contribution in [2.75, 3.05) is 11.6 Å². The standard InChI is InChI=1S/C15H14ClNOS/c1-19-10-11-2-4-12(5-3-11)15(18)17-14-8-6-13(16)7-9-14/h2-9H,10H2,1H3,(H,17,18). The largest absolute Gasteiger partial charge is 0.322 e. The van der Waals surface area contributed by atoms with Gasteiger partial charge in [-0.25, -0.2) is 0 Å². The number of rotatable bonds is 4. The lowest BCUT2D eigenvalue weighted by Crippen LogP contribution is -2.11. The third-order valence-corrected chi connectivity index (χ3v) is 3.50. The molecule has 2 aromatic carbocycles. The average Bonchev–Trinajstić information content (AvgIpc) is 2.42. The van der Waals surface area contributed by atoms with Gasteiger partial charge in [0.25, 0.3) is 5.91 Å². The van der Waals surface area contributed by atoms with Gasteiger partial charge in [0.1, 0.15) is 0 Å². The highest BCUT2D eigenvalue weighted by molar-refractivity contribution is 7.97. The molecule has 2 rings (SSSR count). The summed E-state index contributed by atoms with van der Waals surface area (Å²) in [6.07, 6.45) is 2.06. The molecule has 0 aliphatic rings. The van der Waals surface area contributed by atoms with E-state index < -0.39 is 0 Å². The molecule has 0 radical (unpaired) electrons. The molecule has 1 N–H and O–H groups in total. The lowest BCUT2D eigenvalue weighted by atomic mass is 10.1. The molecule has 0 fully saturated rings. The van der Waals surface area contributed by atoms with Crippen LogP contribution in [0.4, 0.5) is 5.69 Å². The minimum Gasteiger partial charge on any atom is -0.322 e. The number of hydrogen-bond acceptors (Lipinski definition) is 2. The number of hydrogen-bond donors (Lipinski definition) is 1. The van der Waals surface area contributed by atoms with Crippen LogP contribution in [0.5, 0.6) is 0 Å². The van der Waals surface area contributed by atoms with Crippen LogP contribution in [0.25, 0.3) is 0 Å². The summed E-state index contributed by atoms with van der Waals surface area (Å²) in [7, 11) is 0. The Hall–Kier alpha value is -1.45. The third kappa shape index (κ3) is 4.01. The van der Waals surface area contributed by atoms with Gasteiger partial charge >= 0.3 is 0 Å². The minimum absolute atomic E-state index is 0.113. The Morgan fingerprint density at radius 3 is 2.32 bits per heavy atom. The van der Waals surface area contributed by atoms with Gasteiger partial charge in [0.05, 0.1) is 0 Å². The second-order valence-electron chi connectivity index (χ2n) is 4.09. The number of nitrogens with one attached hydrogen (secondary N) is 1. The molecule has 98 valence electrons. The Labute approximate surface area is 122 Å². The molecule has 0 heterocycles. The van der Waals surface area contributed by atoms with E-state index in [1.807, 2.05) is 24.3 Å². The van der Waals surface area contributed by atoms with Gasteiger partial charge in [0.15, 0.2) is 0 Å². The van der Waals surface area contributed by atoms with Crippen molar-refractivity contribution in [3.8, 4) is 0 Å². The molecule has 0 saturated heterocycles. The average molecular weight is 292 g/mol. The third-order valence-electron chi connectivity index (χ3n) is 2.63. The fourth-order valence-electron chi connectivity index (χ4n) is 1.66. The zero-order valence-corrected chi connectivity index (χ0v) is 12.1. The zero-order valence-electron chi connectivity index (χ0n) is 10.5. The number of anilines is 1. The topological polar surface area (TPSA) is 29.1 Å². The summed E-state index contributed by atoms with van der Waals surface area (Å²) >= 11 is 7.56. The molecule has 19 heavy (non-hydrogen) atoms. The van der Waals surface area contributed by atoms with Gasteiger partial charge in [-0.3, -0.25) is 4.79 Å². The first-order valence-electron chi connectivity index (χ1n) is 5.84. The van der Waals surface area contributed by atoms with E-state index in [1.165, 1.54) is 5.56 Å². The predicted molar refractivity (Wildman–Crippen MR) is 83.1 cm³/mol. The SMILES string of the molecule is CSCc1ccc(C(=O)Nc2ccc(Cl)cc2)cc1. The van der Waals surface area contributed by atoms with Crippen LogP contribution in [-0.4, -0.2) is 12.2 Å². The number of thioether (sulfide) groups is 1. The normalized spacial score (nSPS) is 10.2. The molecule has 2 nitrogen and oxygen atoms in total. The van der Waals surface area contributed by atoms with Gasteiger partial charge < -0.3 is 5.32 Å². The van der Waals surface area contributed by atoms with Gasteiger partial charge in [-0.2, -0.15) is 11.8 Å². The molecular weight excluding hydrogens is 278 g/mol. The Balaban J connectivity index is 2.05. The quantitative estimate of drug-likeness (QED) is 0.901. The van der Waals surface area contributed by atoms with Gasteiger partial charge in [-0.1, -0.05) is 23.7 Å². The van der Waals surface area contributed by atoms with Crippen LogP contribution in [0.2, 0.25) is 5.02 Å². The molecular formula is C15H14ClNOS. The van der Waals surface area contributed by atoms with Crippen molar-refractivity contribution in [1.29, 1.82) is 0 Å². The van der Waals surface area contributed by atoms with Crippen molar-refractivity contribution in [1.82, 2.24) is 0 Å².